The lowest BCUT2D eigenvalue weighted by atomic mass is 10.2. The van der Waals surface area contributed by atoms with Gasteiger partial charge in [-0.3, -0.25) is 0 Å². The summed E-state index contributed by atoms with van der Waals surface area (Å²) in [7, 11) is -4.27. The van der Waals surface area contributed by atoms with Gasteiger partial charge in [-0.2, -0.15) is 0 Å². The van der Waals surface area contributed by atoms with Gasteiger partial charge in [0.25, 0.3) is 0 Å². The molecule has 0 atom stereocenters. The van der Waals surface area contributed by atoms with Crippen LogP contribution in [0.25, 0.3) is 0 Å². The summed E-state index contributed by atoms with van der Waals surface area (Å²) < 4.78 is 31.2. The second-order valence-electron chi connectivity index (χ2n) is 4.79. The largest absolute Gasteiger partial charge is 0.744 e. The monoisotopic (exact) mass is 293 g/mol. The summed E-state index contributed by atoms with van der Waals surface area (Å²) in [5, 5.41) is 0. The third-order valence-electron chi connectivity index (χ3n) is 2.59. The zero-order chi connectivity index (χ0) is 15.3. The van der Waals surface area contributed by atoms with E-state index in [2.05, 4.69) is 37.9 Å². The number of aromatic nitrogens is 1. The first kappa shape index (κ1) is 16.3. The third-order valence-corrected chi connectivity index (χ3v) is 3.44. The fraction of sp³-hybridized carbons (Fsp3) is 0.267. The van der Waals surface area contributed by atoms with E-state index in [0.29, 0.717) is 0 Å². The molecule has 0 unspecified atom stereocenters. The fourth-order valence-corrected chi connectivity index (χ4v) is 2.28. The molecule has 108 valence electrons. The number of aromatic amines is 1. The Morgan fingerprint density at radius 3 is 1.65 bits per heavy atom. The summed E-state index contributed by atoms with van der Waals surface area (Å²) in [6.45, 7) is 8.06. The molecule has 0 fully saturated rings. The van der Waals surface area contributed by atoms with E-state index in [4.69, 9.17) is 0 Å². The average Bonchev–Trinajstić information content (AvgIpc) is 2.26. The number of rotatable bonds is 1. The molecule has 2 rings (SSSR count). The molecule has 0 spiro atoms. The second kappa shape index (κ2) is 6.63. The first-order valence-corrected chi connectivity index (χ1v) is 7.59. The minimum atomic E-state index is -4.27. The molecule has 0 bridgehead atoms. The number of aryl methyl sites for hydroxylation is 4. The van der Waals surface area contributed by atoms with Crippen molar-refractivity contribution in [3.63, 3.8) is 0 Å². The Kier molecular flexibility index (Phi) is 5.42. The zero-order valence-corrected chi connectivity index (χ0v) is 12.9. The number of hydrogen-bond acceptors (Lipinski definition) is 3. The van der Waals surface area contributed by atoms with Gasteiger partial charge in [-0.15, -0.1) is 0 Å². The van der Waals surface area contributed by atoms with Crippen LogP contribution in [0.4, 0.5) is 0 Å². The predicted octanol–water partition coefficient (Wildman–Crippen LogP) is 2.33. The number of benzene rings is 1. The summed E-state index contributed by atoms with van der Waals surface area (Å²) in [6, 6.07) is 10.0. The van der Waals surface area contributed by atoms with Crippen molar-refractivity contribution >= 4 is 10.1 Å². The van der Waals surface area contributed by atoms with E-state index in [1.807, 2.05) is 6.92 Å². The SMILES string of the molecule is Cc1cc(C)[nH+]c(C)c1.Cc1ccc(S(=O)(=O)[O-])cc1. The van der Waals surface area contributed by atoms with Gasteiger partial charge < -0.3 is 4.55 Å². The minimum absolute atomic E-state index is 0.178. The molecule has 4 nitrogen and oxygen atoms in total. The molecule has 0 aliphatic heterocycles. The van der Waals surface area contributed by atoms with Crippen molar-refractivity contribution in [2.24, 2.45) is 0 Å². The van der Waals surface area contributed by atoms with Gasteiger partial charge in [0.05, 0.1) is 4.90 Å². The van der Waals surface area contributed by atoms with E-state index in [1.54, 1.807) is 12.1 Å². The second-order valence-corrected chi connectivity index (χ2v) is 6.17. The summed E-state index contributed by atoms with van der Waals surface area (Å²) in [4.78, 5) is 3.03. The molecule has 2 aromatic rings. The van der Waals surface area contributed by atoms with Gasteiger partial charge in [0, 0.05) is 26.0 Å². The summed E-state index contributed by atoms with van der Waals surface area (Å²) in [5.74, 6) is 0. The van der Waals surface area contributed by atoms with E-state index in [1.165, 1.54) is 29.1 Å². The van der Waals surface area contributed by atoms with Crippen LogP contribution in [0.5, 0.6) is 0 Å². The van der Waals surface area contributed by atoms with Crippen LogP contribution in [0.3, 0.4) is 0 Å². The molecule has 0 aliphatic rings. The molecule has 0 amide bonds. The lowest BCUT2D eigenvalue weighted by Crippen LogP contribution is -2.11. The zero-order valence-electron chi connectivity index (χ0n) is 12.1. The van der Waals surface area contributed by atoms with Crippen LogP contribution in [0.15, 0.2) is 41.3 Å². The quantitative estimate of drug-likeness (QED) is 0.758. The van der Waals surface area contributed by atoms with E-state index >= 15 is 0 Å². The van der Waals surface area contributed by atoms with Gasteiger partial charge in [0.15, 0.2) is 11.4 Å². The highest BCUT2D eigenvalue weighted by Crippen LogP contribution is 2.08. The molecule has 20 heavy (non-hydrogen) atoms. The highest BCUT2D eigenvalue weighted by molar-refractivity contribution is 7.85. The van der Waals surface area contributed by atoms with Crippen LogP contribution in [0, 0.1) is 27.7 Å². The average molecular weight is 293 g/mol. The highest BCUT2D eigenvalue weighted by atomic mass is 32.2. The third kappa shape index (κ3) is 5.50. The summed E-state index contributed by atoms with van der Waals surface area (Å²) in [5.41, 5.74) is 4.71. The number of H-pyrrole nitrogens is 1. The van der Waals surface area contributed by atoms with Gasteiger partial charge in [0.1, 0.15) is 10.1 Å². The van der Waals surface area contributed by atoms with Crippen molar-refractivity contribution < 1.29 is 18.0 Å². The van der Waals surface area contributed by atoms with E-state index in [9.17, 15) is 13.0 Å². The molecule has 1 N–H and O–H groups in total. The van der Waals surface area contributed by atoms with Gasteiger partial charge >= 0.3 is 0 Å². The molecule has 1 heterocycles. The van der Waals surface area contributed by atoms with Crippen LogP contribution >= 0.6 is 0 Å². The Hall–Kier alpha value is -1.72. The van der Waals surface area contributed by atoms with Crippen LogP contribution in [0.1, 0.15) is 22.5 Å². The molecular weight excluding hydrogens is 274 g/mol. The van der Waals surface area contributed by atoms with Crippen molar-refractivity contribution in [2.45, 2.75) is 32.6 Å². The molecule has 5 heteroatoms. The first-order valence-electron chi connectivity index (χ1n) is 6.18. The number of pyridine rings is 1. The van der Waals surface area contributed by atoms with Crippen molar-refractivity contribution in [2.75, 3.05) is 0 Å². The minimum Gasteiger partial charge on any atom is -0.744 e. The smallest absolute Gasteiger partial charge is 0.176 e. The van der Waals surface area contributed by atoms with Crippen molar-refractivity contribution in [1.82, 2.24) is 0 Å². The molecule has 0 saturated heterocycles. The standard InChI is InChI=1S/C8H11N.C7H8O3S/c1-6-4-7(2)9-8(3)5-6;1-6-2-4-7(5-3-6)11(8,9)10/h4-5H,1-3H3;2-5H,1H3,(H,8,9,10). The fourth-order valence-electron chi connectivity index (χ4n) is 1.81. The highest BCUT2D eigenvalue weighted by Gasteiger charge is 1.98. The van der Waals surface area contributed by atoms with E-state index < -0.39 is 10.1 Å². The molecule has 0 radical (unpaired) electrons. The van der Waals surface area contributed by atoms with Crippen molar-refractivity contribution in [3.8, 4) is 0 Å². The van der Waals surface area contributed by atoms with Crippen LogP contribution in [0.2, 0.25) is 0 Å². The number of hydrogen-bond donors (Lipinski definition) is 0. The van der Waals surface area contributed by atoms with Gasteiger partial charge in [-0.1, -0.05) is 17.7 Å². The van der Waals surface area contributed by atoms with Gasteiger partial charge in [0.2, 0.25) is 0 Å². The maximum absolute atomic E-state index is 10.4. The molecule has 1 aromatic carbocycles. The van der Waals surface area contributed by atoms with Gasteiger partial charge in [-0.25, -0.2) is 13.4 Å². The maximum Gasteiger partial charge on any atom is 0.176 e. The van der Waals surface area contributed by atoms with Crippen LogP contribution in [-0.4, -0.2) is 13.0 Å². The topological polar surface area (TPSA) is 71.3 Å². The van der Waals surface area contributed by atoms with Crippen LogP contribution in [-0.2, 0) is 10.1 Å². The Morgan fingerprint density at radius 2 is 1.30 bits per heavy atom. The summed E-state index contributed by atoms with van der Waals surface area (Å²) in [6.07, 6.45) is 0. The summed E-state index contributed by atoms with van der Waals surface area (Å²) >= 11 is 0. The molecule has 0 saturated carbocycles. The van der Waals surface area contributed by atoms with E-state index in [0.717, 1.165) is 5.56 Å². The molecule has 1 aromatic heterocycles. The Morgan fingerprint density at radius 1 is 0.850 bits per heavy atom. The van der Waals surface area contributed by atoms with Crippen molar-refractivity contribution in [3.05, 3.63) is 58.9 Å². The van der Waals surface area contributed by atoms with Crippen molar-refractivity contribution in [1.29, 1.82) is 0 Å². The van der Waals surface area contributed by atoms with E-state index in [-0.39, 0.29) is 4.90 Å². The Bertz CT molecular complexity index is 626. The van der Waals surface area contributed by atoms with Crippen LogP contribution < -0.4 is 4.98 Å². The number of nitrogens with one attached hydrogen (secondary N) is 1. The predicted molar refractivity (Wildman–Crippen MR) is 76.4 cm³/mol. The first-order chi connectivity index (χ1) is 9.18. The normalized spacial score (nSPS) is 10.7. The Labute approximate surface area is 120 Å². The molecular formula is C15H19NO3S. The lowest BCUT2D eigenvalue weighted by Gasteiger charge is -2.05. The maximum atomic E-state index is 10.4. The Balaban J connectivity index is 0.000000204. The molecule has 0 aliphatic carbocycles. The van der Waals surface area contributed by atoms with Gasteiger partial charge in [-0.05, 0) is 31.5 Å². The lowest BCUT2D eigenvalue weighted by molar-refractivity contribution is -0.396.